The van der Waals surface area contributed by atoms with Gasteiger partial charge >= 0.3 is 6.18 Å². The summed E-state index contributed by atoms with van der Waals surface area (Å²) < 4.78 is 38.7. The molecule has 172 valence electrons. The van der Waals surface area contributed by atoms with Gasteiger partial charge in [-0.1, -0.05) is 36.4 Å². The van der Waals surface area contributed by atoms with Gasteiger partial charge in [0, 0.05) is 12.6 Å². The monoisotopic (exact) mass is 455 g/mol. The van der Waals surface area contributed by atoms with Crippen LogP contribution >= 0.6 is 0 Å². The lowest BCUT2D eigenvalue weighted by atomic mass is 10.0. The zero-order chi connectivity index (χ0) is 23.4. The number of anilines is 2. The molecule has 1 fully saturated rings. The van der Waals surface area contributed by atoms with Gasteiger partial charge in [-0.15, -0.1) is 0 Å². The van der Waals surface area contributed by atoms with Crippen molar-refractivity contribution in [3.05, 3.63) is 83.2 Å². The number of aromatic nitrogens is 2. The zero-order valence-corrected chi connectivity index (χ0v) is 17.8. The van der Waals surface area contributed by atoms with Crippen LogP contribution in [0, 0.1) is 5.92 Å². The van der Waals surface area contributed by atoms with Crippen molar-refractivity contribution < 1.29 is 18.0 Å². The summed E-state index contributed by atoms with van der Waals surface area (Å²) >= 11 is 0. The van der Waals surface area contributed by atoms with E-state index in [4.69, 9.17) is 5.73 Å². The lowest BCUT2D eigenvalue weighted by Gasteiger charge is -2.20. The summed E-state index contributed by atoms with van der Waals surface area (Å²) in [6, 6.07) is 14.5. The van der Waals surface area contributed by atoms with E-state index in [0.29, 0.717) is 24.1 Å². The number of carbonyl (C=O) groups is 1. The van der Waals surface area contributed by atoms with Gasteiger partial charge in [0.2, 0.25) is 5.91 Å². The maximum atomic E-state index is 12.9. The third-order valence-corrected chi connectivity index (χ3v) is 5.54. The van der Waals surface area contributed by atoms with Crippen LogP contribution in [0.2, 0.25) is 0 Å². The summed E-state index contributed by atoms with van der Waals surface area (Å²) in [5.41, 5.74) is 7.22. The normalized spacial score (nSPS) is 14.5. The molecule has 2 aromatic carbocycles. The second kappa shape index (κ2) is 9.48. The van der Waals surface area contributed by atoms with E-state index >= 15 is 0 Å². The molecule has 9 heteroatoms. The van der Waals surface area contributed by atoms with E-state index in [1.807, 2.05) is 24.3 Å². The Balaban J connectivity index is 1.40. The first kappa shape index (κ1) is 22.6. The number of rotatable bonds is 9. The van der Waals surface area contributed by atoms with Gasteiger partial charge in [-0.3, -0.25) is 4.79 Å². The molecule has 33 heavy (non-hydrogen) atoms. The second-order valence-corrected chi connectivity index (χ2v) is 8.18. The molecule has 1 heterocycles. The topological polar surface area (TPSA) is 92.9 Å². The number of nitrogens with two attached hydrogens (primary N) is 1. The third kappa shape index (κ3) is 6.21. The summed E-state index contributed by atoms with van der Waals surface area (Å²) in [6.07, 6.45) is -0.676. The Kier molecular flexibility index (Phi) is 6.48. The van der Waals surface area contributed by atoms with Crippen LogP contribution in [0.4, 0.5) is 24.8 Å². The van der Waals surface area contributed by atoms with Gasteiger partial charge in [-0.05, 0) is 47.6 Å². The summed E-state index contributed by atoms with van der Waals surface area (Å²) in [7, 11) is 0. The lowest BCUT2D eigenvalue weighted by Crippen LogP contribution is -2.15. The predicted molar refractivity (Wildman–Crippen MR) is 119 cm³/mol. The van der Waals surface area contributed by atoms with Crippen LogP contribution < -0.4 is 16.4 Å². The Morgan fingerprint density at radius 3 is 2.24 bits per heavy atom. The van der Waals surface area contributed by atoms with Crippen LogP contribution in [-0.4, -0.2) is 15.9 Å². The van der Waals surface area contributed by atoms with Gasteiger partial charge in [-0.25, -0.2) is 9.97 Å². The van der Waals surface area contributed by atoms with Gasteiger partial charge in [-0.2, -0.15) is 13.2 Å². The first-order valence-corrected chi connectivity index (χ1v) is 10.6. The van der Waals surface area contributed by atoms with Crippen LogP contribution in [0.15, 0.2) is 60.9 Å². The van der Waals surface area contributed by atoms with Gasteiger partial charge in [0.1, 0.15) is 18.0 Å². The number of nitrogens with one attached hydrogen (secondary N) is 2. The fourth-order valence-corrected chi connectivity index (χ4v) is 3.64. The first-order chi connectivity index (χ1) is 15.8. The minimum atomic E-state index is -4.35. The fourth-order valence-electron chi connectivity index (χ4n) is 3.64. The number of halogens is 3. The molecule has 1 aliphatic carbocycles. The minimum absolute atomic E-state index is 0.118. The number of alkyl halides is 3. The second-order valence-electron chi connectivity index (χ2n) is 8.18. The van der Waals surface area contributed by atoms with Gasteiger partial charge in [0.25, 0.3) is 0 Å². The van der Waals surface area contributed by atoms with Crippen molar-refractivity contribution >= 4 is 17.5 Å². The molecule has 4 rings (SSSR count). The molecule has 1 atom stereocenters. The molecular formula is C24H24F3N5O. The number of hydrogen-bond acceptors (Lipinski definition) is 5. The molecule has 0 aliphatic heterocycles. The highest BCUT2D eigenvalue weighted by molar-refractivity contribution is 5.76. The standard InChI is InChI=1S/C24H24F3N5O/c25-24(26,27)19-9-7-18(8-10-19)23(17-5-6-17)32-22-12-21(30-14-31-22)29-13-16-3-1-15(2-4-16)11-20(28)33/h1-4,7-10,12,14,17,23H,5-6,11,13H2,(H2,28,33)(H2,29,30,31,32). The van der Waals surface area contributed by atoms with Crippen molar-refractivity contribution in [1.29, 1.82) is 0 Å². The van der Waals surface area contributed by atoms with Gasteiger partial charge in [0.05, 0.1) is 18.0 Å². The molecule has 1 aliphatic rings. The molecule has 0 spiro atoms. The molecule has 0 radical (unpaired) electrons. The summed E-state index contributed by atoms with van der Waals surface area (Å²) in [5.74, 6) is 1.20. The quantitative estimate of drug-likeness (QED) is 0.435. The highest BCUT2D eigenvalue weighted by atomic mass is 19.4. The fraction of sp³-hybridized carbons (Fsp3) is 0.292. The van der Waals surface area contributed by atoms with Crippen LogP contribution in [-0.2, 0) is 23.9 Å². The molecule has 0 saturated heterocycles. The number of amides is 1. The number of nitrogens with zero attached hydrogens (tertiary/aromatic N) is 2. The minimum Gasteiger partial charge on any atom is -0.369 e. The first-order valence-electron chi connectivity index (χ1n) is 10.6. The molecular weight excluding hydrogens is 431 g/mol. The average molecular weight is 455 g/mol. The van der Waals surface area contributed by atoms with Crippen molar-refractivity contribution in [2.45, 2.75) is 38.0 Å². The van der Waals surface area contributed by atoms with Crippen molar-refractivity contribution in [1.82, 2.24) is 9.97 Å². The SMILES string of the molecule is NC(=O)Cc1ccc(CNc2cc(NC(c3ccc(C(F)(F)F)cc3)C3CC3)ncn2)cc1. The number of benzene rings is 2. The van der Waals surface area contributed by atoms with Crippen LogP contribution in [0.1, 0.15) is 41.1 Å². The van der Waals surface area contributed by atoms with E-state index in [2.05, 4.69) is 20.6 Å². The molecule has 6 nitrogen and oxygen atoms in total. The molecule has 0 bridgehead atoms. The molecule has 1 saturated carbocycles. The molecule has 1 amide bonds. The van der Waals surface area contributed by atoms with Crippen molar-refractivity contribution in [2.75, 3.05) is 10.6 Å². The van der Waals surface area contributed by atoms with Gasteiger partial charge in [0.15, 0.2) is 0 Å². The van der Waals surface area contributed by atoms with E-state index in [0.717, 1.165) is 41.7 Å². The van der Waals surface area contributed by atoms with Crippen molar-refractivity contribution in [3.8, 4) is 0 Å². The maximum Gasteiger partial charge on any atom is 0.416 e. The largest absolute Gasteiger partial charge is 0.416 e. The van der Waals surface area contributed by atoms with E-state index in [9.17, 15) is 18.0 Å². The highest BCUT2D eigenvalue weighted by Gasteiger charge is 2.34. The Bertz CT molecular complexity index is 1100. The third-order valence-electron chi connectivity index (χ3n) is 5.54. The van der Waals surface area contributed by atoms with Crippen molar-refractivity contribution in [3.63, 3.8) is 0 Å². The molecule has 1 unspecified atom stereocenters. The van der Waals surface area contributed by atoms with Gasteiger partial charge < -0.3 is 16.4 Å². The summed E-state index contributed by atoms with van der Waals surface area (Å²) in [6.45, 7) is 0.526. The lowest BCUT2D eigenvalue weighted by molar-refractivity contribution is -0.137. The van der Waals surface area contributed by atoms with E-state index in [-0.39, 0.29) is 18.4 Å². The number of primary amides is 1. The number of carbonyl (C=O) groups excluding carboxylic acids is 1. The average Bonchev–Trinajstić information content (AvgIpc) is 3.62. The van der Waals surface area contributed by atoms with E-state index < -0.39 is 11.7 Å². The molecule has 3 aromatic rings. The maximum absolute atomic E-state index is 12.9. The molecule has 4 N–H and O–H groups in total. The van der Waals surface area contributed by atoms with Crippen LogP contribution in [0.3, 0.4) is 0 Å². The smallest absolute Gasteiger partial charge is 0.369 e. The van der Waals surface area contributed by atoms with E-state index in [1.165, 1.54) is 18.5 Å². The van der Waals surface area contributed by atoms with Crippen molar-refractivity contribution in [2.24, 2.45) is 11.7 Å². The van der Waals surface area contributed by atoms with Crippen LogP contribution in [0.5, 0.6) is 0 Å². The predicted octanol–water partition coefficient (Wildman–Crippen LogP) is 4.70. The Labute approximate surface area is 189 Å². The highest BCUT2D eigenvalue weighted by Crippen LogP contribution is 2.43. The Morgan fingerprint density at radius 1 is 1.00 bits per heavy atom. The Hall–Kier alpha value is -3.62. The summed E-state index contributed by atoms with van der Waals surface area (Å²) in [4.78, 5) is 19.5. The zero-order valence-electron chi connectivity index (χ0n) is 17.8. The van der Waals surface area contributed by atoms with Crippen LogP contribution in [0.25, 0.3) is 0 Å². The summed E-state index contributed by atoms with van der Waals surface area (Å²) in [5, 5.41) is 6.60. The van der Waals surface area contributed by atoms with E-state index in [1.54, 1.807) is 6.07 Å². The molecule has 1 aromatic heterocycles. The number of hydrogen-bond donors (Lipinski definition) is 3. The Morgan fingerprint density at radius 2 is 1.64 bits per heavy atom.